The summed E-state index contributed by atoms with van der Waals surface area (Å²) in [5, 5.41) is 10.3. The van der Waals surface area contributed by atoms with Crippen LogP contribution in [0.5, 0.6) is 0 Å². The highest BCUT2D eigenvalue weighted by Gasteiger charge is 2.10. The molecule has 0 aliphatic heterocycles. The van der Waals surface area contributed by atoms with Gasteiger partial charge in [-0.15, -0.1) is 0 Å². The summed E-state index contributed by atoms with van der Waals surface area (Å²) < 4.78 is 1.91. The first kappa shape index (κ1) is 16.2. The normalized spacial score (nSPS) is 10.4. The molecule has 1 heterocycles. The topological polar surface area (TPSA) is 59.0 Å². The van der Waals surface area contributed by atoms with Crippen LogP contribution < -0.4 is 10.6 Å². The number of aromatic nitrogens is 2. The maximum atomic E-state index is 10.9. The Morgan fingerprint density at radius 1 is 1.27 bits per heavy atom. The third kappa shape index (κ3) is 3.92. The van der Waals surface area contributed by atoms with Crippen molar-refractivity contribution in [1.29, 1.82) is 0 Å². The summed E-state index contributed by atoms with van der Waals surface area (Å²) in [6.07, 6.45) is 0.849. The molecule has 0 aliphatic rings. The molecule has 5 nitrogen and oxygen atoms in total. The number of carbonyl (C=O) groups excluding carboxylic acids is 1. The van der Waals surface area contributed by atoms with Gasteiger partial charge < -0.3 is 10.6 Å². The van der Waals surface area contributed by atoms with E-state index in [0.717, 1.165) is 17.8 Å². The molecule has 1 amide bonds. The Hall–Kier alpha value is -2.21. The number of hydrogen-bond acceptors (Lipinski definition) is 3. The number of nitrogens with zero attached hydrogens (tertiary/aromatic N) is 2. The minimum atomic E-state index is -0.184. The second-order valence-electron chi connectivity index (χ2n) is 5.28. The molecular formula is C16H20N4OS. The quantitative estimate of drug-likeness (QED) is 0.854. The lowest BCUT2D eigenvalue weighted by Gasteiger charge is -2.09. The maximum Gasteiger partial charge on any atom is 0.222 e. The van der Waals surface area contributed by atoms with Gasteiger partial charge in [0.15, 0.2) is 5.11 Å². The van der Waals surface area contributed by atoms with Crippen molar-refractivity contribution in [3.8, 4) is 0 Å². The molecule has 0 fully saturated rings. The highest BCUT2D eigenvalue weighted by molar-refractivity contribution is 7.80. The van der Waals surface area contributed by atoms with Gasteiger partial charge in [-0.3, -0.25) is 9.48 Å². The number of benzene rings is 1. The highest BCUT2D eigenvalue weighted by Crippen LogP contribution is 2.18. The molecule has 0 unspecified atom stereocenters. The van der Waals surface area contributed by atoms with Gasteiger partial charge in [-0.05, 0) is 43.8 Å². The molecule has 0 saturated heterocycles. The maximum absolute atomic E-state index is 10.9. The SMILES string of the molecule is CC(=O)NC(=S)Nc1ccc(Cc2c(C)nn(C)c2C)cc1. The number of carbonyl (C=O) groups is 1. The van der Waals surface area contributed by atoms with Crippen LogP contribution in [0.3, 0.4) is 0 Å². The Bertz CT molecular complexity index is 704. The zero-order valence-electron chi connectivity index (χ0n) is 13.2. The molecule has 2 N–H and O–H groups in total. The van der Waals surface area contributed by atoms with Crippen molar-refractivity contribution < 1.29 is 4.79 Å². The zero-order chi connectivity index (χ0) is 16.3. The predicted octanol–water partition coefficient (Wildman–Crippen LogP) is 2.46. The van der Waals surface area contributed by atoms with Gasteiger partial charge in [-0.2, -0.15) is 5.10 Å². The first-order valence-corrected chi connectivity index (χ1v) is 7.44. The summed E-state index contributed by atoms with van der Waals surface area (Å²) >= 11 is 5.03. The second kappa shape index (κ2) is 6.70. The van der Waals surface area contributed by atoms with Crippen molar-refractivity contribution in [3.63, 3.8) is 0 Å². The minimum absolute atomic E-state index is 0.184. The van der Waals surface area contributed by atoms with Crippen molar-refractivity contribution in [1.82, 2.24) is 15.1 Å². The van der Waals surface area contributed by atoms with Crippen LogP contribution in [-0.4, -0.2) is 20.8 Å². The first-order valence-electron chi connectivity index (χ1n) is 7.03. The number of thiocarbonyl (C=S) groups is 1. The smallest absolute Gasteiger partial charge is 0.222 e. The Labute approximate surface area is 135 Å². The monoisotopic (exact) mass is 316 g/mol. The van der Waals surface area contributed by atoms with E-state index in [2.05, 4.69) is 22.7 Å². The first-order chi connectivity index (χ1) is 10.4. The Morgan fingerprint density at radius 2 is 1.91 bits per heavy atom. The summed E-state index contributed by atoms with van der Waals surface area (Å²) in [5.41, 5.74) is 5.56. The van der Waals surface area contributed by atoms with Crippen molar-refractivity contribution in [2.24, 2.45) is 7.05 Å². The molecule has 2 aromatic rings. The molecule has 0 saturated carbocycles. The van der Waals surface area contributed by atoms with Crippen LogP contribution in [0.4, 0.5) is 5.69 Å². The van der Waals surface area contributed by atoms with Gasteiger partial charge in [0.05, 0.1) is 5.69 Å². The minimum Gasteiger partial charge on any atom is -0.332 e. The molecule has 116 valence electrons. The summed E-state index contributed by atoms with van der Waals surface area (Å²) in [5.74, 6) is -0.184. The van der Waals surface area contributed by atoms with E-state index >= 15 is 0 Å². The zero-order valence-corrected chi connectivity index (χ0v) is 14.0. The van der Waals surface area contributed by atoms with Crippen LogP contribution in [0.15, 0.2) is 24.3 Å². The summed E-state index contributed by atoms with van der Waals surface area (Å²) in [4.78, 5) is 10.9. The van der Waals surface area contributed by atoms with Gasteiger partial charge in [0, 0.05) is 37.3 Å². The van der Waals surface area contributed by atoms with Crippen molar-refractivity contribution in [2.45, 2.75) is 27.2 Å². The number of amides is 1. The molecule has 6 heteroatoms. The average molecular weight is 316 g/mol. The summed E-state index contributed by atoms with van der Waals surface area (Å²) in [6.45, 7) is 5.54. The van der Waals surface area contributed by atoms with Crippen LogP contribution in [0, 0.1) is 13.8 Å². The molecule has 0 radical (unpaired) electrons. The third-order valence-corrected chi connectivity index (χ3v) is 3.75. The van der Waals surface area contributed by atoms with E-state index in [1.54, 1.807) is 0 Å². The molecule has 1 aromatic heterocycles. The second-order valence-corrected chi connectivity index (χ2v) is 5.69. The van der Waals surface area contributed by atoms with Gasteiger partial charge in [0.1, 0.15) is 0 Å². The van der Waals surface area contributed by atoms with Gasteiger partial charge in [-0.1, -0.05) is 12.1 Å². The molecule has 0 atom stereocenters. The number of hydrogen-bond donors (Lipinski definition) is 2. The third-order valence-electron chi connectivity index (χ3n) is 3.54. The molecular weight excluding hydrogens is 296 g/mol. The van der Waals surface area contributed by atoms with Gasteiger partial charge in [-0.25, -0.2) is 0 Å². The van der Waals surface area contributed by atoms with E-state index in [1.807, 2.05) is 42.9 Å². The van der Waals surface area contributed by atoms with Crippen molar-refractivity contribution in [2.75, 3.05) is 5.32 Å². The lowest BCUT2D eigenvalue weighted by Crippen LogP contribution is -2.32. The van der Waals surface area contributed by atoms with E-state index in [9.17, 15) is 4.79 Å². The number of anilines is 1. The summed E-state index contributed by atoms with van der Waals surface area (Å²) in [6, 6.07) is 7.99. The Balaban J connectivity index is 2.06. The van der Waals surface area contributed by atoms with E-state index < -0.39 is 0 Å². The molecule has 2 rings (SSSR count). The fourth-order valence-electron chi connectivity index (χ4n) is 2.31. The lowest BCUT2D eigenvalue weighted by atomic mass is 10.0. The number of aryl methyl sites for hydroxylation is 2. The van der Waals surface area contributed by atoms with E-state index in [0.29, 0.717) is 5.11 Å². The largest absolute Gasteiger partial charge is 0.332 e. The molecule has 0 bridgehead atoms. The fourth-order valence-corrected chi connectivity index (χ4v) is 2.57. The fraction of sp³-hybridized carbons (Fsp3) is 0.312. The number of rotatable bonds is 3. The Kier molecular flexibility index (Phi) is 4.92. The molecule has 1 aromatic carbocycles. The van der Waals surface area contributed by atoms with Crippen LogP contribution in [0.2, 0.25) is 0 Å². The number of nitrogens with one attached hydrogen (secondary N) is 2. The summed E-state index contributed by atoms with van der Waals surface area (Å²) in [7, 11) is 1.96. The van der Waals surface area contributed by atoms with Crippen LogP contribution >= 0.6 is 12.2 Å². The van der Waals surface area contributed by atoms with Crippen molar-refractivity contribution in [3.05, 3.63) is 46.8 Å². The molecule has 0 spiro atoms. The highest BCUT2D eigenvalue weighted by atomic mass is 32.1. The van der Waals surface area contributed by atoms with Gasteiger partial charge in [0.25, 0.3) is 0 Å². The van der Waals surface area contributed by atoms with Crippen LogP contribution in [-0.2, 0) is 18.3 Å². The van der Waals surface area contributed by atoms with Gasteiger partial charge in [0.2, 0.25) is 5.91 Å². The van der Waals surface area contributed by atoms with Crippen LogP contribution in [0.1, 0.15) is 29.4 Å². The molecule has 22 heavy (non-hydrogen) atoms. The van der Waals surface area contributed by atoms with Crippen molar-refractivity contribution >= 4 is 28.9 Å². The standard InChI is InChI=1S/C16H20N4OS/c1-10-15(11(2)20(4)19-10)9-13-5-7-14(8-6-13)18-16(22)17-12(3)21/h5-8H,9H2,1-4H3,(H2,17,18,21,22). The van der Waals surface area contributed by atoms with Gasteiger partial charge >= 0.3 is 0 Å². The van der Waals surface area contributed by atoms with Crippen LogP contribution in [0.25, 0.3) is 0 Å². The lowest BCUT2D eigenvalue weighted by molar-refractivity contribution is -0.117. The van der Waals surface area contributed by atoms with E-state index in [-0.39, 0.29) is 5.91 Å². The average Bonchev–Trinajstić information content (AvgIpc) is 2.66. The van der Waals surface area contributed by atoms with E-state index in [1.165, 1.54) is 23.7 Å². The van der Waals surface area contributed by atoms with E-state index in [4.69, 9.17) is 12.2 Å². The Morgan fingerprint density at radius 3 is 2.41 bits per heavy atom. The molecule has 0 aliphatic carbocycles. The predicted molar refractivity (Wildman–Crippen MR) is 92.0 cm³/mol.